The zero-order valence-corrected chi connectivity index (χ0v) is 14.7. The van der Waals surface area contributed by atoms with E-state index >= 15 is 0 Å². The van der Waals surface area contributed by atoms with Crippen molar-refractivity contribution in [2.45, 2.75) is 45.1 Å². The van der Waals surface area contributed by atoms with Crippen LogP contribution in [0.5, 0.6) is 0 Å². The van der Waals surface area contributed by atoms with Crippen LogP contribution in [0.15, 0.2) is 18.2 Å². The molecule has 1 aromatic heterocycles. The number of likely N-dealkylation sites (tertiary alicyclic amines) is 1. The fourth-order valence-electron chi connectivity index (χ4n) is 3.02. The molecule has 2 aromatic rings. The van der Waals surface area contributed by atoms with E-state index in [4.69, 9.17) is 9.84 Å². The number of ether oxygens (including phenoxy) is 1. The van der Waals surface area contributed by atoms with Gasteiger partial charge in [-0.05, 0) is 51.8 Å². The number of nitrogens with zero attached hydrogens (tertiary/aromatic N) is 2. The Labute approximate surface area is 146 Å². The lowest BCUT2D eigenvalue weighted by Gasteiger charge is -2.32. The standard InChI is InChI=1S/C18H23N3O4/c1-18(2,3)25-17(24)21-8-6-11(7-9-21)15-19-13-5-4-12(16(22)23)10-14(13)20-15/h4-5,10-11H,6-9H2,1-3H3,(H,19,20)(H,22,23). The van der Waals surface area contributed by atoms with E-state index in [0.29, 0.717) is 13.1 Å². The second-order valence-electron chi connectivity index (χ2n) is 7.40. The van der Waals surface area contributed by atoms with Crippen LogP contribution in [0.1, 0.15) is 55.7 Å². The number of benzene rings is 1. The van der Waals surface area contributed by atoms with Crippen molar-refractivity contribution in [1.29, 1.82) is 0 Å². The minimum Gasteiger partial charge on any atom is -0.478 e. The van der Waals surface area contributed by atoms with Crippen LogP contribution >= 0.6 is 0 Å². The van der Waals surface area contributed by atoms with Gasteiger partial charge in [-0.3, -0.25) is 0 Å². The number of carboxylic acids is 1. The molecule has 2 heterocycles. The first-order valence-corrected chi connectivity index (χ1v) is 8.44. The first kappa shape index (κ1) is 17.3. The van der Waals surface area contributed by atoms with E-state index in [2.05, 4.69) is 9.97 Å². The quantitative estimate of drug-likeness (QED) is 0.870. The highest BCUT2D eigenvalue weighted by atomic mass is 16.6. The van der Waals surface area contributed by atoms with Crippen molar-refractivity contribution in [1.82, 2.24) is 14.9 Å². The number of imidazole rings is 1. The van der Waals surface area contributed by atoms with Gasteiger partial charge in [0.05, 0.1) is 16.6 Å². The predicted molar refractivity (Wildman–Crippen MR) is 92.8 cm³/mol. The number of aromatic nitrogens is 2. The van der Waals surface area contributed by atoms with Gasteiger partial charge >= 0.3 is 12.1 Å². The summed E-state index contributed by atoms with van der Waals surface area (Å²) in [5, 5.41) is 9.08. The summed E-state index contributed by atoms with van der Waals surface area (Å²) in [5.41, 5.74) is 1.23. The minimum absolute atomic E-state index is 0.222. The molecule has 1 saturated heterocycles. The average molecular weight is 345 g/mol. The summed E-state index contributed by atoms with van der Waals surface area (Å²) >= 11 is 0. The number of fused-ring (bicyclic) bond motifs is 1. The van der Waals surface area contributed by atoms with Gasteiger partial charge in [-0.15, -0.1) is 0 Å². The molecule has 0 aliphatic carbocycles. The summed E-state index contributed by atoms with van der Waals surface area (Å²) in [4.78, 5) is 32.7. The van der Waals surface area contributed by atoms with Crippen molar-refractivity contribution < 1.29 is 19.4 Å². The lowest BCUT2D eigenvalue weighted by Crippen LogP contribution is -2.41. The third-order valence-corrected chi connectivity index (χ3v) is 4.28. The van der Waals surface area contributed by atoms with Gasteiger partial charge in [0.25, 0.3) is 0 Å². The molecule has 134 valence electrons. The van der Waals surface area contributed by atoms with Crippen molar-refractivity contribution in [3.8, 4) is 0 Å². The molecule has 0 unspecified atom stereocenters. The number of piperidine rings is 1. The SMILES string of the molecule is CC(C)(C)OC(=O)N1CCC(c2nc3ccc(C(=O)O)cc3[nH]2)CC1. The lowest BCUT2D eigenvalue weighted by atomic mass is 9.96. The molecule has 0 radical (unpaired) electrons. The third-order valence-electron chi connectivity index (χ3n) is 4.28. The molecule has 3 rings (SSSR count). The van der Waals surface area contributed by atoms with Crippen LogP contribution in [0.2, 0.25) is 0 Å². The average Bonchev–Trinajstić information content (AvgIpc) is 2.96. The number of carbonyl (C=O) groups is 2. The highest BCUT2D eigenvalue weighted by Crippen LogP contribution is 2.28. The molecule has 2 N–H and O–H groups in total. The van der Waals surface area contributed by atoms with E-state index < -0.39 is 11.6 Å². The van der Waals surface area contributed by atoms with Crippen LogP contribution in [0.25, 0.3) is 11.0 Å². The van der Waals surface area contributed by atoms with E-state index in [9.17, 15) is 9.59 Å². The normalized spacial score (nSPS) is 16.2. The van der Waals surface area contributed by atoms with Crippen LogP contribution in [-0.2, 0) is 4.74 Å². The maximum atomic E-state index is 12.1. The molecule has 0 atom stereocenters. The highest BCUT2D eigenvalue weighted by Gasteiger charge is 2.28. The smallest absolute Gasteiger partial charge is 0.410 e. The van der Waals surface area contributed by atoms with Crippen molar-refractivity contribution in [3.63, 3.8) is 0 Å². The lowest BCUT2D eigenvalue weighted by molar-refractivity contribution is 0.0203. The van der Waals surface area contributed by atoms with Gasteiger partial charge in [0.15, 0.2) is 0 Å². The summed E-state index contributed by atoms with van der Waals surface area (Å²) in [5.74, 6) is 0.115. The van der Waals surface area contributed by atoms with Gasteiger partial charge in [-0.25, -0.2) is 14.6 Å². The van der Waals surface area contributed by atoms with E-state index in [0.717, 1.165) is 29.7 Å². The number of rotatable bonds is 2. The number of carboxylic acid groups (broad SMARTS) is 1. The number of hydrogen-bond donors (Lipinski definition) is 2. The maximum Gasteiger partial charge on any atom is 0.410 e. The summed E-state index contributed by atoms with van der Waals surface area (Å²) in [6.07, 6.45) is 1.32. The van der Waals surface area contributed by atoms with Gasteiger partial charge in [0, 0.05) is 19.0 Å². The van der Waals surface area contributed by atoms with Gasteiger partial charge in [-0.1, -0.05) is 0 Å². The maximum absolute atomic E-state index is 12.1. The van der Waals surface area contributed by atoms with E-state index in [-0.39, 0.29) is 17.6 Å². The highest BCUT2D eigenvalue weighted by molar-refractivity contribution is 5.92. The largest absolute Gasteiger partial charge is 0.478 e. The number of hydrogen-bond acceptors (Lipinski definition) is 4. The summed E-state index contributed by atoms with van der Waals surface area (Å²) in [6.45, 7) is 6.82. The molecule has 0 spiro atoms. The summed E-state index contributed by atoms with van der Waals surface area (Å²) < 4.78 is 5.41. The topological polar surface area (TPSA) is 95.5 Å². The van der Waals surface area contributed by atoms with E-state index in [1.54, 1.807) is 23.1 Å². The summed E-state index contributed by atoms with van der Waals surface area (Å²) in [6, 6.07) is 4.87. The molecule has 25 heavy (non-hydrogen) atoms. The van der Waals surface area contributed by atoms with E-state index in [1.807, 2.05) is 20.8 Å². The molecule has 1 aromatic carbocycles. The van der Waals surface area contributed by atoms with Crippen molar-refractivity contribution in [3.05, 3.63) is 29.6 Å². The molecule has 7 nitrogen and oxygen atoms in total. The van der Waals surface area contributed by atoms with Crippen LogP contribution in [0.3, 0.4) is 0 Å². The number of carbonyl (C=O) groups excluding carboxylic acids is 1. The minimum atomic E-state index is -0.955. The monoisotopic (exact) mass is 345 g/mol. The van der Waals surface area contributed by atoms with Gasteiger partial charge in [0.2, 0.25) is 0 Å². The Morgan fingerprint density at radius 2 is 1.96 bits per heavy atom. The Bertz CT molecular complexity index is 798. The number of aromatic amines is 1. The van der Waals surface area contributed by atoms with Crippen LogP contribution < -0.4 is 0 Å². The molecular weight excluding hydrogens is 322 g/mol. The van der Waals surface area contributed by atoms with Crippen LogP contribution in [0, 0.1) is 0 Å². The molecule has 7 heteroatoms. The van der Waals surface area contributed by atoms with Gasteiger partial charge in [0.1, 0.15) is 11.4 Å². The molecule has 1 aliphatic heterocycles. The van der Waals surface area contributed by atoms with Gasteiger partial charge in [-0.2, -0.15) is 0 Å². The third kappa shape index (κ3) is 3.92. The first-order valence-electron chi connectivity index (χ1n) is 8.44. The van der Waals surface area contributed by atoms with Crippen molar-refractivity contribution >= 4 is 23.1 Å². The second-order valence-corrected chi connectivity index (χ2v) is 7.40. The molecular formula is C18H23N3O4. The molecule has 1 amide bonds. The zero-order chi connectivity index (χ0) is 18.2. The second kappa shape index (κ2) is 6.38. The number of H-pyrrole nitrogens is 1. The Kier molecular flexibility index (Phi) is 4.41. The van der Waals surface area contributed by atoms with Gasteiger partial charge < -0.3 is 19.7 Å². The molecule has 0 bridgehead atoms. The molecule has 1 fully saturated rings. The molecule has 1 aliphatic rings. The molecule has 0 saturated carbocycles. The fraction of sp³-hybridized carbons (Fsp3) is 0.500. The number of amides is 1. The Morgan fingerprint density at radius 1 is 1.28 bits per heavy atom. The van der Waals surface area contributed by atoms with E-state index in [1.165, 1.54) is 0 Å². The Morgan fingerprint density at radius 3 is 2.56 bits per heavy atom. The van der Waals surface area contributed by atoms with Crippen LogP contribution in [-0.4, -0.2) is 50.7 Å². The van der Waals surface area contributed by atoms with Crippen LogP contribution in [0.4, 0.5) is 4.79 Å². The first-order chi connectivity index (χ1) is 11.7. The Hall–Kier alpha value is -2.57. The van der Waals surface area contributed by atoms with Crippen molar-refractivity contribution in [2.75, 3.05) is 13.1 Å². The summed E-state index contributed by atoms with van der Waals surface area (Å²) in [7, 11) is 0. The van der Waals surface area contributed by atoms with Crippen molar-refractivity contribution in [2.24, 2.45) is 0 Å². The number of nitrogens with one attached hydrogen (secondary N) is 1. The number of aromatic carboxylic acids is 1. The fourth-order valence-corrected chi connectivity index (χ4v) is 3.02. The zero-order valence-electron chi connectivity index (χ0n) is 14.7. The Balaban J connectivity index is 1.67. The predicted octanol–water partition coefficient (Wildman–Crippen LogP) is 3.38.